The molecule has 0 aromatic heterocycles. The molecule has 0 aliphatic rings. The first-order valence-corrected chi connectivity index (χ1v) is 13.8. The number of hydrogen-bond acceptors (Lipinski definition) is 3. The van der Waals surface area contributed by atoms with Crippen LogP contribution in [-0.2, 0) is 0 Å². The van der Waals surface area contributed by atoms with Gasteiger partial charge in [-0.25, -0.2) is 0 Å². The van der Waals surface area contributed by atoms with Crippen molar-refractivity contribution >= 4 is 31.6 Å². The molecule has 0 aliphatic carbocycles. The zero-order valence-electron chi connectivity index (χ0n) is 12.0. The molecular weight excluding hydrogens is 276 g/mol. The van der Waals surface area contributed by atoms with Gasteiger partial charge in [-0.2, -0.15) is 0 Å². The lowest BCUT2D eigenvalue weighted by Crippen LogP contribution is -2.35. The molecule has 18 heavy (non-hydrogen) atoms. The Balaban J connectivity index is 3.16. The summed E-state index contributed by atoms with van der Waals surface area (Å²) in [6.07, 6.45) is 0. The van der Waals surface area contributed by atoms with E-state index in [1.54, 1.807) is 0 Å². The summed E-state index contributed by atoms with van der Waals surface area (Å²) in [5.74, 6) is 1.51. The molecule has 0 saturated heterocycles. The lowest BCUT2D eigenvalue weighted by atomic mass is 10.3. The molecule has 0 spiro atoms. The number of rotatable bonds is 5. The predicted octanol–water partition coefficient (Wildman–Crippen LogP) is 2.35. The average Bonchev–Trinajstić information content (AvgIpc) is 2.16. The van der Waals surface area contributed by atoms with Gasteiger partial charge in [0.2, 0.25) is 16.6 Å². The molecule has 0 atom stereocenters. The highest BCUT2D eigenvalue weighted by atomic mass is 28.4. The maximum absolute atomic E-state index is 9.46. The molecule has 0 amide bonds. The van der Waals surface area contributed by atoms with Crippen LogP contribution in [0.15, 0.2) is 18.2 Å². The van der Waals surface area contributed by atoms with Crippen LogP contribution in [0.1, 0.15) is 0 Å². The molecule has 0 bridgehead atoms. The SMILES string of the molecule is C[Si](C)(C)Oc1cccc([Si]O)c1O[Si](C)(C)C. The van der Waals surface area contributed by atoms with E-state index >= 15 is 0 Å². The Morgan fingerprint density at radius 2 is 1.50 bits per heavy atom. The molecule has 1 aromatic rings. The molecule has 1 aromatic carbocycles. The zero-order chi connectivity index (χ0) is 14.0. The van der Waals surface area contributed by atoms with Gasteiger partial charge in [0.15, 0.2) is 0 Å². The normalized spacial score (nSPS) is 12.4. The molecule has 0 fully saturated rings. The van der Waals surface area contributed by atoms with Gasteiger partial charge in [0, 0.05) is 5.19 Å². The maximum atomic E-state index is 9.46. The van der Waals surface area contributed by atoms with Crippen molar-refractivity contribution in [1.29, 1.82) is 0 Å². The van der Waals surface area contributed by atoms with Gasteiger partial charge < -0.3 is 13.6 Å². The monoisotopic (exact) mass is 298 g/mol. The zero-order valence-corrected chi connectivity index (χ0v) is 15.0. The van der Waals surface area contributed by atoms with Crippen molar-refractivity contribution in [1.82, 2.24) is 0 Å². The Morgan fingerprint density at radius 3 is 1.94 bits per heavy atom. The smallest absolute Gasteiger partial charge is 0.269 e. The summed E-state index contributed by atoms with van der Waals surface area (Å²) in [5.41, 5.74) is 0. The van der Waals surface area contributed by atoms with Crippen molar-refractivity contribution in [2.75, 3.05) is 0 Å². The van der Waals surface area contributed by atoms with Crippen molar-refractivity contribution in [2.45, 2.75) is 39.3 Å². The molecule has 2 radical (unpaired) electrons. The topological polar surface area (TPSA) is 38.7 Å². The quantitative estimate of drug-likeness (QED) is 0.848. The Bertz CT molecular complexity index is 408. The molecule has 0 aliphatic heterocycles. The third-order valence-electron chi connectivity index (χ3n) is 1.92. The molecule has 100 valence electrons. The van der Waals surface area contributed by atoms with E-state index < -0.39 is 16.6 Å². The molecule has 3 nitrogen and oxygen atoms in total. The molecule has 1 N–H and O–H groups in total. The van der Waals surface area contributed by atoms with Gasteiger partial charge >= 0.3 is 0 Å². The summed E-state index contributed by atoms with van der Waals surface area (Å²) in [6.45, 7) is 12.8. The highest BCUT2D eigenvalue weighted by Crippen LogP contribution is 2.29. The van der Waals surface area contributed by atoms with Crippen molar-refractivity contribution in [3.8, 4) is 11.5 Å². The summed E-state index contributed by atoms with van der Waals surface area (Å²) in [7, 11) is -3.68. The minimum Gasteiger partial charge on any atom is -0.542 e. The van der Waals surface area contributed by atoms with Crippen LogP contribution in [0.2, 0.25) is 39.3 Å². The summed E-state index contributed by atoms with van der Waals surface area (Å²) in [6, 6.07) is 5.73. The highest BCUT2D eigenvalue weighted by molar-refractivity contribution is 6.71. The van der Waals surface area contributed by atoms with Gasteiger partial charge in [0.25, 0.3) is 9.76 Å². The van der Waals surface area contributed by atoms with Crippen LogP contribution in [0.5, 0.6) is 11.5 Å². The van der Waals surface area contributed by atoms with Gasteiger partial charge in [0.05, 0.1) is 0 Å². The maximum Gasteiger partial charge on any atom is 0.269 e. The lowest BCUT2D eigenvalue weighted by Gasteiger charge is -2.27. The summed E-state index contributed by atoms with van der Waals surface area (Å²) in [4.78, 5) is 9.46. The van der Waals surface area contributed by atoms with Crippen LogP contribution >= 0.6 is 0 Å². The summed E-state index contributed by atoms with van der Waals surface area (Å²) in [5, 5.41) is 0.827. The third-order valence-corrected chi connectivity index (χ3v) is 4.21. The molecule has 1 rings (SSSR count). The highest BCUT2D eigenvalue weighted by Gasteiger charge is 2.24. The first kappa shape index (κ1) is 15.5. The predicted molar refractivity (Wildman–Crippen MR) is 82.0 cm³/mol. The van der Waals surface area contributed by atoms with Crippen molar-refractivity contribution in [2.24, 2.45) is 0 Å². The second kappa shape index (κ2) is 5.60. The van der Waals surface area contributed by atoms with E-state index in [-0.39, 0.29) is 9.76 Å². The molecule has 0 unspecified atom stereocenters. The van der Waals surface area contributed by atoms with Gasteiger partial charge in [-0.3, -0.25) is 0 Å². The Morgan fingerprint density at radius 1 is 0.944 bits per heavy atom. The summed E-state index contributed by atoms with van der Waals surface area (Å²) >= 11 is 0. The minimum absolute atomic E-state index is 0.270. The first-order valence-electron chi connectivity index (χ1n) is 6.03. The van der Waals surface area contributed by atoms with E-state index in [1.165, 1.54) is 0 Å². The van der Waals surface area contributed by atoms with Crippen LogP contribution in [-0.4, -0.2) is 31.2 Å². The van der Waals surface area contributed by atoms with E-state index in [0.717, 1.165) is 16.7 Å². The van der Waals surface area contributed by atoms with Crippen molar-refractivity contribution in [3.63, 3.8) is 0 Å². The van der Waals surface area contributed by atoms with Crippen molar-refractivity contribution in [3.05, 3.63) is 18.2 Å². The molecule has 0 heterocycles. The van der Waals surface area contributed by atoms with E-state index in [9.17, 15) is 4.80 Å². The second-order valence-electron chi connectivity index (χ2n) is 6.17. The van der Waals surface area contributed by atoms with E-state index in [0.29, 0.717) is 0 Å². The fraction of sp³-hybridized carbons (Fsp3) is 0.500. The lowest BCUT2D eigenvalue weighted by molar-refractivity contribution is 0.490. The van der Waals surface area contributed by atoms with Crippen LogP contribution < -0.4 is 14.0 Å². The number of benzene rings is 1. The third kappa shape index (κ3) is 4.97. The van der Waals surface area contributed by atoms with Gasteiger partial charge in [-0.05, 0) is 45.3 Å². The molecule has 6 heteroatoms. The van der Waals surface area contributed by atoms with Gasteiger partial charge in [0.1, 0.15) is 11.5 Å². The Kier molecular flexibility index (Phi) is 4.82. The first-order chi connectivity index (χ1) is 8.12. The fourth-order valence-electron chi connectivity index (χ4n) is 1.43. The second-order valence-corrected chi connectivity index (χ2v) is 15.8. The number of para-hydroxylation sites is 1. The van der Waals surface area contributed by atoms with Gasteiger partial charge in [-0.1, -0.05) is 12.1 Å². The average molecular weight is 299 g/mol. The van der Waals surface area contributed by atoms with Crippen LogP contribution in [0, 0.1) is 0 Å². The Labute approximate surface area is 114 Å². The van der Waals surface area contributed by atoms with E-state index in [2.05, 4.69) is 39.3 Å². The molecule has 0 saturated carbocycles. The van der Waals surface area contributed by atoms with E-state index in [4.69, 9.17) is 8.85 Å². The van der Waals surface area contributed by atoms with Gasteiger partial charge in [-0.15, -0.1) is 0 Å². The van der Waals surface area contributed by atoms with Crippen LogP contribution in [0.25, 0.3) is 0 Å². The van der Waals surface area contributed by atoms with Crippen LogP contribution in [0.4, 0.5) is 0 Å². The fourth-order valence-corrected chi connectivity index (χ4v) is 3.62. The minimum atomic E-state index is -1.72. The summed E-state index contributed by atoms with van der Waals surface area (Å²) < 4.78 is 12.1. The van der Waals surface area contributed by atoms with Crippen molar-refractivity contribution < 1.29 is 13.6 Å². The van der Waals surface area contributed by atoms with Crippen LogP contribution in [0.3, 0.4) is 0 Å². The Hall–Kier alpha value is -0.569. The largest absolute Gasteiger partial charge is 0.542 e. The number of hydrogen-bond donors (Lipinski definition) is 1. The molecular formula is C12H22O3Si3. The standard InChI is InChI=1S/C12H22O3Si3/c1-17(2,3)14-10-8-7-9-11(16-13)12(10)15-18(4,5)6/h7-9,13H,1-6H3. The van der Waals surface area contributed by atoms with E-state index in [1.807, 2.05) is 18.2 Å².